The highest BCUT2D eigenvalue weighted by molar-refractivity contribution is 5.61. The zero-order valence-electron chi connectivity index (χ0n) is 11.6. The summed E-state index contributed by atoms with van der Waals surface area (Å²) in [5.41, 5.74) is 1.74. The van der Waals surface area contributed by atoms with Crippen molar-refractivity contribution in [2.75, 3.05) is 5.32 Å². The molecule has 1 aromatic carbocycles. The van der Waals surface area contributed by atoms with Crippen LogP contribution in [0.4, 0.5) is 11.4 Å². The van der Waals surface area contributed by atoms with Crippen LogP contribution in [0.15, 0.2) is 30.7 Å². The van der Waals surface area contributed by atoms with Gasteiger partial charge >= 0.3 is 0 Å². The van der Waals surface area contributed by atoms with E-state index in [1.165, 1.54) is 12.1 Å². The van der Waals surface area contributed by atoms with Gasteiger partial charge in [-0.05, 0) is 12.5 Å². The molecule has 0 saturated heterocycles. The number of nitrogens with zero attached hydrogens (tertiary/aromatic N) is 4. The molecular weight excluding hydrogens is 270 g/mol. The summed E-state index contributed by atoms with van der Waals surface area (Å²) < 4.78 is 2.03. The lowest BCUT2D eigenvalue weighted by Gasteiger charge is -2.10. The Morgan fingerprint density at radius 3 is 3.00 bits per heavy atom. The molecule has 2 aromatic rings. The van der Waals surface area contributed by atoms with E-state index in [4.69, 9.17) is 5.26 Å². The number of benzene rings is 1. The smallest absolute Gasteiger partial charge is 0.270 e. The van der Waals surface area contributed by atoms with Crippen molar-refractivity contribution in [2.24, 2.45) is 0 Å². The Hall–Kier alpha value is -2.88. The Balaban J connectivity index is 2.15. The molecule has 21 heavy (non-hydrogen) atoms. The molecule has 1 N–H and O–H groups in total. The van der Waals surface area contributed by atoms with Crippen molar-refractivity contribution in [1.82, 2.24) is 9.55 Å². The summed E-state index contributed by atoms with van der Waals surface area (Å²) in [6.07, 6.45) is 4.53. The summed E-state index contributed by atoms with van der Waals surface area (Å²) >= 11 is 0. The molecule has 7 heteroatoms. The molecule has 0 aliphatic carbocycles. The van der Waals surface area contributed by atoms with E-state index >= 15 is 0 Å². The Kier molecular flexibility index (Phi) is 4.51. The largest absolute Gasteiger partial charge is 0.378 e. The Morgan fingerprint density at radius 1 is 1.52 bits per heavy atom. The van der Waals surface area contributed by atoms with Gasteiger partial charge in [0, 0.05) is 24.9 Å². The van der Waals surface area contributed by atoms with Crippen LogP contribution >= 0.6 is 0 Å². The molecule has 0 atom stereocenters. The maximum Gasteiger partial charge on any atom is 0.270 e. The molecule has 2 rings (SSSR count). The number of anilines is 1. The highest BCUT2D eigenvalue weighted by atomic mass is 16.6. The predicted molar refractivity (Wildman–Crippen MR) is 77.7 cm³/mol. The molecular formula is C14H15N5O2. The molecule has 0 aliphatic rings. The molecule has 0 spiro atoms. The lowest BCUT2D eigenvalue weighted by Crippen LogP contribution is -2.07. The number of aryl methyl sites for hydroxylation is 1. The van der Waals surface area contributed by atoms with E-state index in [2.05, 4.69) is 17.2 Å². The van der Waals surface area contributed by atoms with E-state index in [0.29, 0.717) is 12.2 Å². The number of aromatic nitrogens is 2. The van der Waals surface area contributed by atoms with Crippen LogP contribution in [0.1, 0.15) is 24.6 Å². The fraction of sp³-hybridized carbons (Fsp3) is 0.286. The van der Waals surface area contributed by atoms with Crippen LogP contribution in [0.2, 0.25) is 0 Å². The molecule has 0 unspecified atom stereocenters. The zero-order valence-corrected chi connectivity index (χ0v) is 11.6. The third kappa shape index (κ3) is 3.36. The van der Waals surface area contributed by atoms with Crippen molar-refractivity contribution in [2.45, 2.75) is 26.4 Å². The summed E-state index contributed by atoms with van der Waals surface area (Å²) in [4.78, 5) is 14.3. The first-order chi connectivity index (χ1) is 10.2. The number of hydrogen-bond acceptors (Lipinski definition) is 5. The summed E-state index contributed by atoms with van der Waals surface area (Å²) in [6.45, 7) is 3.47. The number of non-ortho nitro benzene ring substituents is 1. The molecule has 1 heterocycles. The molecule has 0 saturated carbocycles. The SMILES string of the molecule is CCCn1cncc1CNc1ccc([N+](=O)[O-])cc1C#N. The van der Waals surface area contributed by atoms with E-state index in [1.54, 1.807) is 18.6 Å². The Bertz CT molecular complexity index is 687. The van der Waals surface area contributed by atoms with Crippen molar-refractivity contribution in [3.63, 3.8) is 0 Å². The molecule has 108 valence electrons. The average molecular weight is 285 g/mol. The highest BCUT2D eigenvalue weighted by Crippen LogP contribution is 2.22. The molecule has 1 aromatic heterocycles. The van der Waals surface area contributed by atoms with Crippen LogP contribution in [0.25, 0.3) is 0 Å². The maximum absolute atomic E-state index is 10.7. The number of rotatable bonds is 6. The first kappa shape index (κ1) is 14.5. The summed E-state index contributed by atoms with van der Waals surface area (Å²) in [7, 11) is 0. The molecule has 0 radical (unpaired) electrons. The average Bonchev–Trinajstić information content (AvgIpc) is 2.92. The van der Waals surface area contributed by atoms with Crippen molar-refractivity contribution in [3.8, 4) is 6.07 Å². The molecule has 0 fully saturated rings. The third-order valence-electron chi connectivity index (χ3n) is 3.06. The second kappa shape index (κ2) is 6.52. The van der Waals surface area contributed by atoms with Crippen molar-refractivity contribution < 1.29 is 4.92 Å². The summed E-state index contributed by atoms with van der Waals surface area (Å²) in [5.74, 6) is 0. The van der Waals surface area contributed by atoms with Crippen LogP contribution in [0.5, 0.6) is 0 Å². The number of nitriles is 1. The van der Waals surface area contributed by atoms with Crippen LogP contribution < -0.4 is 5.32 Å². The number of nitro groups is 1. The third-order valence-corrected chi connectivity index (χ3v) is 3.06. The Labute approximate surface area is 122 Å². The Morgan fingerprint density at radius 2 is 2.33 bits per heavy atom. The van der Waals surface area contributed by atoms with E-state index < -0.39 is 4.92 Å². The maximum atomic E-state index is 10.7. The van der Waals surface area contributed by atoms with Gasteiger partial charge in [0.25, 0.3) is 5.69 Å². The van der Waals surface area contributed by atoms with Gasteiger partial charge in [-0.2, -0.15) is 5.26 Å². The van der Waals surface area contributed by atoms with Gasteiger partial charge in [0.1, 0.15) is 6.07 Å². The number of nitro benzene ring substituents is 1. The normalized spacial score (nSPS) is 10.1. The van der Waals surface area contributed by atoms with Crippen molar-refractivity contribution in [1.29, 1.82) is 5.26 Å². The summed E-state index contributed by atoms with van der Waals surface area (Å²) in [6, 6.07) is 6.18. The van der Waals surface area contributed by atoms with E-state index in [0.717, 1.165) is 18.7 Å². The lowest BCUT2D eigenvalue weighted by atomic mass is 10.1. The second-order valence-electron chi connectivity index (χ2n) is 4.53. The van der Waals surface area contributed by atoms with E-state index in [1.807, 2.05) is 10.6 Å². The fourth-order valence-electron chi connectivity index (χ4n) is 2.02. The topological polar surface area (TPSA) is 96.8 Å². The number of hydrogen-bond donors (Lipinski definition) is 1. The van der Waals surface area contributed by atoms with Crippen LogP contribution in [-0.2, 0) is 13.1 Å². The molecule has 0 bridgehead atoms. The van der Waals surface area contributed by atoms with Gasteiger partial charge in [-0.25, -0.2) is 4.98 Å². The van der Waals surface area contributed by atoms with Gasteiger partial charge in [-0.1, -0.05) is 6.92 Å². The second-order valence-corrected chi connectivity index (χ2v) is 4.53. The van der Waals surface area contributed by atoms with Gasteiger partial charge in [0.05, 0.1) is 34.7 Å². The van der Waals surface area contributed by atoms with Gasteiger partial charge in [-0.3, -0.25) is 10.1 Å². The van der Waals surface area contributed by atoms with Crippen molar-refractivity contribution in [3.05, 3.63) is 52.1 Å². The molecule has 0 amide bonds. The van der Waals surface area contributed by atoms with Gasteiger partial charge < -0.3 is 9.88 Å². The number of nitrogens with one attached hydrogen (secondary N) is 1. The zero-order chi connectivity index (χ0) is 15.2. The van der Waals surface area contributed by atoms with Crippen LogP contribution in [0, 0.1) is 21.4 Å². The van der Waals surface area contributed by atoms with Crippen molar-refractivity contribution >= 4 is 11.4 Å². The first-order valence-corrected chi connectivity index (χ1v) is 6.57. The van der Waals surface area contributed by atoms with E-state index in [-0.39, 0.29) is 11.3 Å². The lowest BCUT2D eigenvalue weighted by molar-refractivity contribution is -0.384. The fourth-order valence-corrected chi connectivity index (χ4v) is 2.02. The quantitative estimate of drug-likeness (QED) is 0.650. The minimum atomic E-state index is -0.513. The minimum absolute atomic E-state index is 0.0897. The predicted octanol–water partition coefficient (Wildman–Crippen LogP) is 2.69. The molecule has 0 aliphatic heterocycles. The monoisotopic (exact) mass is 285 g/mol. The van der Waals surface area contributed by atoms with Crippen LogP contribution in [-0.4, -0.2) is 14.5 Å². The summed E-state index contributed by atoms with van der Waals surface area (Å²) in [5, 5.41) is 22.9. The van der Waals surface area contributed by atoms with Gasteiger partial charge in [0.2, 0.25) is 0 Å². The standard InChI is InChI=1S/C14H15N5O2/c1-2-5-18-10-16-8-13(18)9-17-14-4-3-12(19(20)21)6-11(14)7-15/h3-4,6,8,10,17H,2,5,9H2,1H3. The van der Waals surface area contributed by atoms with Gasteiger partial charge in [-0.15, -0.1) is 0 Å². The van der Waals surface area contributed by atoms with Crippen LogP contribution in [0.3, 0.4) is 0 Å². The van der Waals surface area contributed by atoms with Gasteiger partial charge in [0.15, 0.2) is 0 Å². The minimum Gasteiger partial charge on any atom is -0.378 e. The molecule has 7 nitrogen and oxygen atoms in total. The van der Waals surface area contributed by atoms with E-state index in [9.17, 15) is 10.1 Å². The highest BCUT2D eigenvalue weighted by Gasteiger charge is 2.11. The number of imidazole rings is 1. The first-order valence-electron chi connectivity index (χ1n) is 6.57.